The van der Waals surface area contributed by atoms with Crippen molar-refractivity contribution in [3.63, 3.8) is 0 Å². The first kappa shape index (κ1) is 15.8. The molecule has 0 saturated heterocycles. The van der Waals surface area contributed by atoms with Crippen molar-refractivity contribution in [2.24, 2.45) is 0 Å². The monoisotopic (exact) mass is 335 g/mol. The third-order valence-electron chi connectivity index (χ3n) is 4.52. The molecule has 5 heteroatoms. The second-order valence-corrected chi connectivity index (χ2v) is 6.77. The van der Waals surface area contributed by atoms with Crippen molar-refractivity contribution in [2.75, 3.05) is 13.6 Å². The van der Waals surface area contributed by atoms with Crippen molar-refractivity contribution >= 4 is 5.65 Å². The minimum atomic E-state index is -0.0402. The standard InChI is InChI=1S/C20H21N3O2/c1-14-7-8-19-21-16(10-20(24)23(19)11-14)12-22(2)13-17-9-15-5-3-4-6-18(15)25-17/h3-8,10-11,17H,9,12-13H2,1-2H3/t17-/m0/s1. The van der Waals surface area contributed by atoms with Gasteiger partial charge in [0.05, 0.1) is 5.69 Å². The first-order chi connectivity index (χ1) is 12.1. The van der Waals surface area contributed by atoms with Gasteiger partial charge in [-0.05, 0) is 37.2 Å². The van der Waals surface area contributed by atoms with Gasteiger partial charge in [0.25, 0.3) is 5.56 Å². The minimum Gasteiger partial charge on any atom is -0.488 e. The van der Waals surface area contributed by atoms with Crippen LogP contribution < -0.4 is 10.3 Å². The molecule has 0 bridgehead atoms. The summed E-state index contributed by atoms with van der Waals surface area (Å²) in [5.41, 5.74) is 3.73. The molecule has 2 aromatic heterocycles. The molecule has 0 spiro atoms. The summed E-state index contributed by atoms with van der Waals surface area (Å²) in [5, 5.41) is 0. The van der Waals surface area contributed by atoms with Crippen LogP contribution in [0.2, 0.25) is 0 Å². The van der Waals surface area contributed by atoms with Gasteiger partial charge in [-0.25, -0.2) is 4.98 Å². The van der Waals surface area contributed by atoms with Gasteiger partial charge in [-0.1, -0.05) is 24.3 Å². The van der Waals surface area contributed by atoms with Crippen LogP contribution in [-0.4, -0.2) is 34.0 Å². The lowest BCUT2D eigenvalue weighted by Gasteiger charge is -2.20. The van der Waals surface area contributed by atoms with Gasteiger partial charge in [-0.3, -0.25) is 14.1 Å². The van der Waals surface area contributed by atoms with Crippen LogP contribution in [0.3, 0.4) is 0 Å². The summed E-state index contributed by atoms with van der Waals surface area (Å²) >= 11 is 0. The summed E-state index contributed by atoms with van der Waals surface area (Å²) in [7, 11) is 2.03. The highest BCUT2D eigenvalue weighted by Gasteiger charge is 2.23. The average molecular weight is 335 g/mol. The first-order valence-corrected chi connectivity index (χ1v) is 8.50. The average Bonchev–Trinajstić information content (AvgIpc) is 2.97. The lowest BCUT2D eigenvalue weighted by Crippen LogP contribution is -2.32. The van der Waals surface area contributed by atoms with Gasteiger partial charge >= 0.3 is 0 Å². The highest BCUT2D eigenvalue weighted by molar-refractivity contribution is 5.40. The van der Waals surface area contributed by atoms with Crippen molar-refractivity contribution in [1.82, 2.24) is 14.3 Å². The molecule has 128 valence electrons. The van der Waals surface area contributed by atoms with E-state index in [4.69, 9.17) is 4.74 Å². The normalized spacial score (nSPS) is 16.2. The van der Waals surface area contributed by atoms with E-state index in [1.165, 1.54) is 5.56 Å². The molecule has 0 fully saturated rings. The van der Waals surface area contributed by atoms with Crippen molar-refractivity contribution < 1.29 is 4.74 Å². The van der Waals surface area contributed by atoms with Crippen LogP contribution >= 0.6 is 0 Å². The summed E-state index contributed by atoms with van der Waals surface area (Å²) in [6, 6.07) is 13.6. The Hall–Kier alpha value is -2.66. The van der Waals surface area contributed by atoms with Crippen LogP contribution in [0.5, 0.6) is 5.75 Å². The molecule has 1 aromatic carbocycles. The molecule has 5 nitrogen and oxygen atoms in total. The van der Waals surface area contributed by atoms with Crippen LogP contribution in [0.25, 0.3) is 5.65 Å². The third kappa shape index (κ3) is 3.28. The fourth-order valence-electron chi connectivity index (χ4n) is 3.38. The Morgan fingerprint density at radius 3 is 2.96 bits per heavy atom. The molecule has 1 atom stereocenters. The Balaban J connectivity index is 1.46. The Bertz CT molecular complexity index is 955. The zero-order valence-corrected chi connectivity index (χ0v) is 14.5. The molecule has 1 aliphatic rings. The molecule has 0 saturated carbocycles. The minimum absolute atomic E-state index is 0.0402. The van der Waals surface area contributed by atoms with E-state index in [-0.39, 0.29) is 11.7 Å². The zero-order chi connectivity index (χ0) is 17.4. The molecule has 0 unspecified atom stereocenters. The van der Waals surface area contributed by atoms with Crippen LogP contribution in [0, 0.1) is 6.92 Å². The van der Waals surface area contributed by atoms with Crippen LogP contribution in [0.1, 0.15) is 16.8 Å². The Kier molecular flexibility index (Phi) is 4.01. The molecule has 0 aliphatic carbocycles. The van der Waals surface area contributed by atoms with E-state index >= 15 is 0 Å². The number of aromatic nitrogens is 2. The molecule has 25 heavy (non-hydrogen) atoms. The predicted octanol–water partition coefficient (Wildman–Crippen LogP) is 2.44. The van der Waals surface area contributed by atoms with E-state index in [9.17, 15) is 4.79 Å². The van der Waals surface area contributed by atoms with Gasteiger partial charge in [0.2, 0.25) is 0 Å². The van der Waals surface area contributed by atoms with Gasteiger partial charge in [0.15, 0.2) is 0 Å². The number of hydrogen-bond acceptors (Lipinski definition) is 4. The lowest BCUT2D eigenvalue weighted by molar-refractivity contribution is 0.164. The van der Waals surface area contributed by atoms with Gasteiger partial charge in [-0.2, -0.15) is 0 Å². The maximum absolute atomic E-state index is 12.3. The molecule has 3 aromatic rings. The van der Waals surface area contributed by atoms with Crippen LogP contribution in [0.4, 0.5) is 0 Å². The predicted molar refractivity (Wildman–Crippen MR) is 97.1 cm³/mol. The zero-order valence-electron chi connectivity index (χ0n) is 14.5. The van der Waals surface area contributed by atoms with Crippen molar-refractivity contribution in [1.29, 1.82) is 0 Å². The second-order valence-electron chi connectivity index (χ2n) is 6.77. The molecule has 3 heterocycles. The summed E-state index contributed by atoms with van der Waals surface area (Å²) in [6.07, 6.45) is 2.89. The largest absolute Gasteiger partial charge is 0.488 e. The topological polar surface area (TPSA) is 46.8 Å². The van der Waals surface area contributed by atoms with Gasteiger partial charge in [0.1, 0.15) is 17.5 Å². The highest BCUT2D eigenvalue weighted by Crippen LogP contribution is 2.28. The van der Waals surface area contributed by atoms with Crippen LogP contribution in [0.15, 0.2) is 53.5 Å². The van der Waals surface area contributed by atoms with Crippen molar-refractivity contribution in [2.45, 2.75) is 26.0 Å². The Labute approximate surface area is 146 Å². The summed E-state index contributed by atoms with van der Waals surface area (Å²) in [6.45, 7) is 3.38. The number of benzene rings is 1. The van der Waals surface area contributed by atoms with Crippen molar-refractivity contribution in [3.05, 3.63) is 75.8 Å². The molecular formula is C20H21N3O2. The molecular weight excluding hydrogens is 314 g/mol. The number of fused-ring (bicyclic) bond motifs is 2. The number of likely N-dealkylation sites (N-methyl/N-ethyl adjacent to an activating group) is 1. The molecule has 1 aliphatic heterocycles. The summed E-state index contributed by atoms with van der Waals surface area (Å²) in [4.78, 5) is 19.1. The summed E-state index contributed by atoms with van der Waals surface area (Å²) < 4.78 is 7.59. The number of ether oxygens (including phenoxy) is 1. The van der Waals surface area contributed by atoms with E-state index in [2.05, 4.69) is 16.0 Å². The fourth-order valence-corrected chi connectivity index (χ4v) is 3.38. The van der Waals surface area contributed by atoms with Gasteiger partial charge in [0, 0.05) is 31.8 Å². The quantitative estimate of drug-likeness (QED) is 0.735. The van der Waals surface area contributed by atoms with E-state index < -0.39 is 0 Å². The smallest absolute Gasteiger partial charge is 0.258 e. The first-order valence-electron chi connectivity index (χ1n) is 8.50. The van der Waals surface area contributed by atoms with E-state index in [0.29, 0.717) is 12.2 Å². The fraction of sp³-hybridized carbons (Fsp3) is 0.300. The van der Waals surface area contributed by atoms with E-state index in [1.54, 1.807) is 10.5 Å². The van der Waals surface area contributed by atoms with Gasteiger partial charge in [-0.15, -0.1) is 0 Å². The number of rotatable bonds is 4. The maximum Gasteiger partial charge on any atom is 0.258 e. The maximum atomic E-state index is 12.3. The van der Waals surface area contributed by atoms with E-state index in [0.717, 1.165) is 30.0 Å². The number of aryl methyl sites for hydroxylation is 1. The lowest BCUT2D eigenvalue weighted by atomic mass is 10.1. The highest BCUT2D eigenvalue weighted by atomic mass is 16.5. The van der Waals surface area contributed by atoms with E-state index in [1.807, 2.05) is 50.5 Å². The Morgan fingerprint density at radius 1 is 1.28 bits per heavy atom. The molecule has 0 radical (unpaired) electrons. The van der Waals surface area contributed by atoms with Crippen LogP contribution in [-0.2, 0) is 13.0 Å². The van der Waals surface area contributed by atoms with Gasteiger partial charge < -0.3 is 4.74 Å². The second kappa shape index (κ2) is 6.33. The summed E-state index contributed by atoms with van der Waals surface area (Å²) in [5.74, 6) is 0.985. The Morgan fingerprint density at radius 2 is 2.12 bits per heavy atom. The molecule has 0 amide bonds. The van der Waals surface area contributed by atoms with Crippen molar-refractivity contribution in [3.8, 4) is 5.75 Å². The third-order valence-corrected chi connectivity index (χ3v) is 4.52. The number of hydrogen-bond donors (Lipinski definition) is 0. The number of nitrogens with zero attached hydrogens (tertiary/aromatic N) is 3. The molecule has 0 N–H and O–H groups in total. The molecule has 4 rings (SSSR count). The number of para-hydroxylation sites is 1. The number of pyridine rings is 1. The SMILES string of the molecule is Cc1ccc2nc(CN(C)C[C@@H]3Cc4ccccc4O3)cc(=O)n2c1.